The number of alkyl halides is 3. The third-order valence-corrected chi connectivity index (χ3v) is 5.23. The zero-order valence-corrected chi connectivity index (χ0v) is 16.3. The van der Waals surface area contributed by atoms with Gasteiger partial charge in [0.25, 0.3) is 0 Å². The van der Waals surface area contributed by atoms with Crippen molar-refractivity contribution in [3.8, 4) is 5.69 Å². The zero-order valence-electron chi connectivity index (χ0n) is 16.3. The first-order chi connectivity index (χ1) is 14.2. The first kappa shape index (κ1) is 19.9. The molecule has 1 aliphatic heterocycles. The Morgan fingerprint density at radius 1 is 1.13 bits per heavy atom. The molecule has 1 atom stereocenters. The maximum Gasteiger partial charge on any atom is 0.416 e. The molecule has 9 heteroatoms. The van der Waals surface area contributed by atoms with Crippen LogP contribution < -0.4 is 10.6 Å². The number of rotatable bonds is 3. The number of benzene rings is 2. The Bertz CT molecular complexity index is 1170. The Hall–Kier alpha value is -3.36. The summed E-state index contributed by atoms with van der Waals surface area (Å²) in [6.45, 7) is 0.488. The standard InChI is InChI=1S/C21H19F3N4O2/c1-26(2)19(29)16-10-11-27(16)18-15-9-8-13(21(22,23)24)12-17(15)28(20(30)25-18)14-6-4-3-5-7-14/h3-9,12,16H,10-11H2,1-2H3. The van der Waals surface area contributed by atoms with Crippen molar-refractivity contribution >= 4 is 22.6 Å². The summed E-state index contributed by atoms with van der Waals surface area (Å²) in [4.78, 5) is 32.6. The lowest BCUT2D eigenvalue weighted by atomic mass is 10.0. The van der Waals surface area contributed by atoms with Crippen molar-refractivity contribution in [2.75, 3.05) is 25.5 Å². The molecule has 0 saturated carbocycles. The molecule has 1 unspecified atom stereocenters. The summed E-state index contributed by atoms with van der Waals surface area (Å²) in [5, 5.41) is 0.378. The van der Waals surface area contributed by atoms with Gasteiger partial charge >= 0.3 is 11.9 Å². The number of likely N-dealkylation sites (N-methyl/N-ethyl adjacent to an activating group) is 1. The molecule has 2 aromatic carbocycles. The highest BCUT2D eigenvalue weighted by Crippen LogP contribution is 2.36. The maximum atomic E-state index is 13.4. The molecular formula is C21H19F3N4O2. The van der Waals surface area contributed by atoms with E-state index in [1.165, 1.54) is 11.0 Å². The van der Waals surface area contributed by atoms with Crippen LogP contribution in [0.5, 0.6) is 0 Å². The quantitative estimate of drug-likeness (QED) is 0.659. The molecule has 1 saturated heterocycles. The van der Waals surface area contributed by atoms with E-state index in [2.05, 4.69) is 4.98 Å². The third kappa shape index (κ3) is 3.30. The van der Waals surface area contributed by atoms with Crippen LogP contribution in [0.1, 0.15) is 12.0 Å². The van der Waals surface area contributed by atoms with Crippen LogP contribution in [0.25, 0.3) is 16.6 Å². The average Bonchev–Trinajstić information content (AvgIpc) is 2.66. The van der Waals surface area contributed by atoms with Gasteiger partial charge in [0.1, 0.15) is 11.9 Å². The highest BCUT2D eigenvalue weighted by molar-refractivity contribution is 5.95. The van der Waals surface area contributed by atoms with E-state index in [-0.39, 0.29) is 17.2 Å². The molecule has 2 heterocycles. The van der Waals surface area contributed by atoms with Crippen LogP contribution in [0.15, 0.2) is 53.3 Å². The number of amides is 1. The lowest BCUT2D eigenvalue weighted by Crippen LogP contribution is -2.56. The molecule has 0 N–H and O–H groups in total. The van der Waals surface area contributed by atoms with Crippen LogP contribution in [0.4, 0.5) is 19.0 Å². The first-order valence-corrected chi connectivity index (χ1v) is 9.35. The molecule has 1 aliphatic rings. The molecule has 0 spiro atoms. The molecule has 1 aromatic heterocycles. The molecule has 4 rings (SSSR count). The number of hydrogen-bond donors (Lipinski definition) is 0. The van der Waals surface area contributed by atoms with E-state index in [0.717, 1.165) is 16.7 Å². The van der Waals surface area contributed by atoms with Gasteiger partial charge < -0.3 is 9.80 Å². The topological polar surface area (TPSA) is 58.4 Å². The molecule has 3 aromatic rings. The highest BCUT2D eigenvalue weighted by atomic mass is 19.4. The number of fused-ring (bicyclic) bond motifs is 1. The van der Waals surface area contributed by atoms with Gasteiger partial charge in [0.15, 0.2) is 0 Å². The summed E-state index contributed by atoms with van der Waals surface area (Å²) >= 11 is 0. The summed E-state index contributed by atoms with van der Waals surface area (Å²) in [5.41, 5.74) is -1.06. The predicted molar refractivity (Wildman–Crippen MR) is 107 cm³/mol. The predicted octanol–water partition coefficient (Wildman–Crippen LogP) is 3.07. The van der Waals surface area contributed by atoms with Crippen molar-refractivity contribution in [1.82, 2.24) is 14.5 Å². The van der Waals surface area contributed by atoms with Crippen LogP contribution >= 0.6 is 0 Å². The fourth-order valence-electron chi connectivity index (χ4n) is 3.63. The summed E-state index contributed by atoms with van der Waals surface area (Å²) in [7, 11) is 3.26. The second-order valence-electron chi connectivity index (χ2n) is 7.35. The second-order valence-corrected chi connectivity index (χ2v) is 7.35. The summed E-state index contributed by atoms with van der Waals surface area (Å²) in [6.07, 6.45) is -3.97. The first-order valence-electron chi connectivity index (χ1n) is 9.35. The number of anilines is 1. The number of halogens is 3. The molecular weight excluding hydrogens is 397 g/mol. The van der Waals surface area contributed by atoms with E-state index >= 15 is 0 Å². The summed E-state index contributed by atoms with van der Waals surface area (Å²) in [6, 6.07) is 11.1. The molecule has 0 radical (unpaired) electrons. The molecule has 156 valence electrons. The Kier molecular flexibility index (Phi) is 4.76. The van der Waals surface area contributed by atoms with Gasteiger partial charge in [-0.25, -0.2) is 4.79 Å². The van der Waals surface area contributed by atoms with Crippen molar-refractivity contribution in [2.24, 2.45) is 0 Å². The minimum absolute atomic E-state index is 0.0916. The van der Waals surface area contributed by atoms with Crippen LogP contribution in [0.2, 0.25) is 0 Å². The zero-order chi connectivity index (χ0) is 21.6. The molecule has 0 bridgehead atoms. The van der Waals surface area contributed by atoms with Crippen LogP contribution in [0, 0.1) is 0 Å². The fraction of sp³-hybridized carbons (Fsp3) is 0.286. The number of carbonyl (C=O) groups excluding carboxylic acids is 1. The van der Waals surface area contributed by atoms with Gasteiger partial charge in [-0.2, -0.15) is 18.2 Å². The monoisotopic (exact) mass is 416 g/mol. The number of nitrogens with zero attached hydrogens (tertiary/aromatic N) is 4. The molecule has 1 fully saturated rings. The number of para-hydroxylation sites is 1. The van der Waals surface area contributed by atoms with Gasteiger partial charge in [0.2, 0.25) is 5.91 Å². The SMILES string of the molecule is CN(C)C(=O)C1CCN1c1nc(=O)n(-c2ccccc2)c2cc(C(F)(F)F)ccc12. The number of aromatic nitrogens is 2. The lowest BCUT2D eigenvalue weighted by molar-refractivity contribution is -0.137. The normalized spacial score (nSPS) is 16.4. The third-order valence-electron chi connectivity index (χ3n) is 5.23. The number of hydrogen-bond acceptors (Lipinski definition) is 4. The van der Waals surface area contributed by atoms with Gasteiger partial charge in [-0.3, -0.25) is 9.36 Å². The second kappa shape index (κ2) is 7.16. The minimum atomic E-state index is -4.56. The smallest absolute Gasteiger partial charge is 0.347 e. The van der Waals surface area contributed by atoms with Crippen molar-refractivity contribution in [3.05, 3.63) is 64.6 Å². The van der Waals surface area contributed by atoms with Crippen molar-refractivity contribution in [2.45, 2.75) is 18.6 Å². The van der Waals surface area contributed by atoms with Gasteiger partial charge in [0, 0.05) is 26.0 Å². The molecule has 6 nitrogen and oxygen atoms in total. The van der Waals surface area contributed by atoms with E-state index in [9.17, 15) is 22.8 Å². The van der Waals surface area contributed by atoms with Gasteiger partial charge in [-0.05, 0) is 36.8 Å². The molecule has 30 heavy (non-hydrogen) atoms. The van der Waals surface area contributed by atoms with E-state index in [4.69, 9.17) is 0 Å². The summed E-state index contributed by atoms with van der Waals surface area (Å²) < 4.78 is 41.3. The van der Waals surface area contributed by atoms with Gasteiger partial charge in [-0.15, -0.1) is 0 Å². The van der Waals surface area contributed by atoms with E-state index < -0.39 is 23.5 Å². The van der Waals surface area contributed by atoms with E-state index in [1.807, 2.05) is 0 Å². The Labute approximate surface area is 170 Å². The minimum Gasteiger partial charge on any atom is -0.347 e. The maximum absolute atomic E-state index is 13.4. The van der Waals surface area contributed by atoms with Crippen molar-refractivity contribution in [3.63, 3.8) is 0 Å². The lowest BCUT2D eigenvalue weighted by Gasteiger charge is -2.42. The largest absolute Gasteiger partial charge is 0.416 e. The average molecular weight is 416 g/mol. The van der Waals surface area contributed by atoms with Gasteiger partial charge in [0.05, 0.1) is 16.8 Å². The number of carbonyl (C=O) groups is 1. The van der Waals surface area contributed by atoms with E-state index in [1.54, 1.807) is 49.3 Å². The Balaban J connectivity index is 1.96. The highest BCUT2D eigenvalue weighted by Gasteiger charge is 2.38. The van der Waals surface area contributed by atoms with Crippen LogP contribution in [-0.2, 0) is 11.0 Å². The molecule has 1 amide bonds. The van der Waals surface area contributed by atoms with Gasteiger partial charge in [-0.1, -0.05) is 18.2 Å². The Morgan fingerprint density at radius 3 is 2.40 bits per heavy atom. The van der Waals surface area contributed by atoms with Crippen LogP contribution in [-0.4, -0.2) is 47.0 Å². The molecule has 0 aliphatic carbocycles. The van der Waals surface area contributed by atoms with Crippen molar-refractivity contribution < 1.29 is 18.0 Å². The summed E-state index contributed by atoms with van der Waals surface area (Å²) in [5.74, 6) is 0.0812. The fourth-order valence-corrected chi connectivity index (χ4v) is 3.63. The Morgan fingerprint density at radius 2 is 1.83 bits per heavy atom. The van der Waals surface area contributed by atoms with Crippen molar-refractivity contribution in [1.29, 1.82) is 0 Å². The van der Waals surface area contributed by atoms with Crippen LogP contribution in [0.3, 0.4) is 0 Å². The van der Waals surface area contributed by atoms with E-state index in [0.29, 0.717) is 24.0 Å².